The van der Waals surface area contributed by atoms with E-state index in [1.165, 1.54) is 18.4 Å². The molecule has 0 saturated carbocycles. The van der Waals surface area contributed by atoms with Gasteiger partial charge in [-0.2, -0.15) is 0 Å². The molecule has 4 nitrogen and oxygen atoms in total. The smallest absolute Gasteiger partial charge is 0.153 e. The number of hydrogen-bond donors (Lipinski definition) is 2. The first-order valence-corrected chi connectivity index (χ1v) is 7.85. The van der Waals surface area contributed by atoms with Gasteiger partial charge in [0.1, 0.15) is 11.6 Å². The molecule has 1 unspecified atom stereocenters. The molecule has 19 heavy (non-hydrogen) atoms. The second kappa shape index (κ2) is 5.46. The van der Waals surface area contributed by atoms with Crippen molar-refractivity contribution in [1.82, 2.24) is 5.32 Å². The molecule has 0 heterocycles. The summed E-state index contributed by atoms with van der Waals surface area (Å²) in [5, 5.41) is 12.2. The zero-order valence-electron chi connectivity index (χ0n) is 11.6. The Morgan fingerprint density at radius 3 is 2.47 bits per heavy atom. The Kier molecular flexibility index (Phi) is 4.58. The Hall–Kier alpha value is -1.14. The second-order valence-corrected chi connectivity index (χ2v) is 7.99. The molecule has 1 aromatic rings. The molecule has 0 amide bonds. The monoisotopic (exact) mass is 289 g/mol. The average Bonchev–Trinajstić information content (AvgIpc) is 2.24. The van der Waals surface area contributed by atoms with Crippen molar-refractivity contribution < 1.29 is 17.9 Å². The lowest BCUT2D eigenvalue weighted by Gasteiger charge is -2.25. The Labute approximate surface area is 113 Å². The van der Waals surface area contributed by atoms with E-state index in [0.29, 0.717) is 5.56 Å². The summed E-state index contributed by atoms with van der Waals surface area (Å²) in [5.41, 5.74) is 0.391. The van der Waals surface area contributed by atoms with E-state index in [1.54, 1.807) is 20.8 Å². The van der Waals surface area contributed by atoms with Gasteiger partial charge in [-0.15, -0.1) is 0 Å². The third-order valence-corrected chi connectivity index (χ3v) is 5.44. The van der Waals surface area contributed by atoms with Crippen molar-refractivity contribution in [3.63, 3.8) is 0 Å². The minimum absolute atomic E-state index is 0.134. The van der Waals surface area contributed by atoms with Crippen molar-refractivity contribution in [2.24, 2.45) is 0 Å². The van der Waals surface area contributed by atoms with Crippen LogP contribution in [0.15, 0.2) is 18.2 Å². The number of sulfone groups is 1. The zero-order valence-corrected chi connectivity index (χ0v) is 12.4. The van der Waals surface area contributed by atoms with Crippen molar-refractivity contribution in [3.05, 3.63) is 29.6 Å². The van der Waals surface area contributed by atoms with Crippen LogP contribution in [0, 0.1) is 5.82 Å². The molecular formula is C13H20FNO3S. The van der Waals surface area contributed by atoms with E-state index in [-0.39, 0.29) is 18.3 Å². The van der Waals surface area contributed by atoms with Crippen molar-refractivity contribution in [2.75, 3.05) is 12.8 Å². The summed E-state index contributed by atoms with van der Waals surface area (Å²) in [5.74, 6) is -0.651. The maximum atomic E-state index is 13.6. The number of benzene rings is 1. The van der Waals surface area contributed by atoms with Gasteiger partial charge in [0, 0.05) is 30.5 Å². The summed E-state index contributed by atoms with van der Waals surface area (Å²) < 4.78 is 35.8. The molecule has 1 aromatic carbocycles. The molecule has 0 aliphatic rings. The molecule has 1 rings (SSSR count). The molecule has 2 N–H and O–H groups in total. The summed E-state index contributed by atoms with van der Waals surface area (Å²) in [6.45, 7) is 5.20. The Morgan fingerprint density at radius 2 is 2.00 bits per heavy atom. The highest BCUT2D eigenvalue weighted by molar-refractivity contribution is 7.92. The SMILES string of the molecule is CC(NCC(C)(C)S(C)(=O)=O)c1ccc(O)cc1F. The highest BCUT2D eigenvalue weighted by atomic mass is 32.2. The lowest BCUT2D eigenvalue weighted by atomic mass is 10.1. The molecule has 6 heteroatoms. The van der Waals surface area contributed by atoms with E-state index in [4.69, 9.17) is 5.11 Å². The molecule has 0 radical (unpaired) electrons. The fourth-order valence-electron chi connectivity index (χ4n) is 1.51. The van der Waals surface area contributed by atoms with Crippen LogP contribution < -0.4 is 5.32 Å². The van der Waals surface area contributed by atoms with Gasteiger partial charge < -0.3 is 10.4 Å². The Balaban J connectivity index is 2.79. The molecule has 108 valence electrons. The quantitative estimate of drug-likeness (QED) is 0.870. The predicted molar refractivity (Wildman–Crippen MR) is 73.4 cm³/mol. The van der Waals surface area contributed by atoms with E-state index in [1.807, 2.05) is 0 Å². The van der Waals surface area contributed by atoms with E-state index in [2.05, 4.69) is 5.32 Å². The van der Waals surface area contributed by atoms with E-state index in [9.17, 15) is 12.8 Å². The number of phenols is 1. The number of halogens is 1. The van der Waals surface area contributed by atoms with Crippen LogP contribution in [0.5, 0.6) is 5.75 Å². The van der Waals surface area contributed by atoms with Gasteiger partial charge in [0.2, 0.25) is 0 Å². The van der Waals surface area contributed by atoms with Gasteiger partial charge in [0.05, 0.1) is 4.75 Å². The van der Waals surface area contributed by atoms with Gasteiger partial charge in [0.15, 0.2) is 9.84 Å². The lowest BCUT2D eigenvalue weighted by Crippen LogP contribution is -2.42. The minimum Gasteiger partial charge on any atom is -0.508 e. The van der Waals surface area contributed by atoms with Gasteiger partial charge in [-0.05, 0) is 26.8 Å². The maximum absolute atomic E-state index is 13.6. The second-order valence-electron chi connectivity index (χ2n) is 5.34. The van der Waals surface area contributed by atoms with Gasteiger partial charge in [-0.25, -0.2) is 12.8 Å². The van der Waals surface area contributed by atoms with Crippen LogP contribution in [-0.4, -0.2) is 31.1 Å². The molecule has 0 spiro atoms. The van der Waals surface area contributed by atoms with E-state index >= 15 is 0 Å². The highest BCUT2D eigenvalue weighted by Gasteiger charge is 2.30. The highest BCUT2D eigenvalue weighted by Crippen LogP contribution is 2.22. The van der Waals surface area contributed by atoms with Crippen molar-refractivity contribution >= 4 is 9.84 Å². The molecule has 0 aliphatic heterocycles. The molecule has 0 fully saturated rings. The van der Waals surface area contributed by atoms with Crippen LogP contribution in [0.3, 0.4) is 0 Å². The fraction of sp³-hybridized carbons (Fsp3) is 0.538. The fourth-order valence-corrected chi connectivity index (χ4v) is 1.85. The van der Waals surface area contributed by atoms with E-state index < -0.39 is 20.4 Å². The largest absolute Gasteiger partial charge is 0.508 e. The van der Waals surface area contributed by atoms with Crippen LogP contribution in [0.2, 0.25) is 0 Å². The number of rotatable bonds is 5. The molecule has 0 aromatic heterocycles. The first-order chi connectivity index (χ1) is 8.54. The summed E-state index contributed by atoms with van der Waals surface area (Å²) in [7, 11) is -3.19. The van der Waals surface area contributed by atoms with Crippen LogP contribution in [-0.2, 0) is 9.84 Å². The number of phenolic OH excluding ortho intramolecular Hbond substituents is 1. The maximum Gasteiger partial charge on any atom is 0.153 e. The topological polar surface area (TPSA) is 66.4 Å². The average molecular weight is 289 g/mol. The van der Waals surface area contributed by atoms with Gasteiger partial charge in [-0.3, -0.25) is 0 Å². The summed E-state index contributed by atoms with van der Waals surface area (Å²) in [6.07, 6.45) is 1.18. The summed E-state index contributed by atoms with van der Waals surface area (Å²) in [4.78, 5) is 0. The molecular weight excluding hydrogens is 269 g/mol. The van der Waals surface area contributed by atoms with Crippen molar-refractivity contribution in [3.8, 4) is 5.75 Å². The number of hydrogen-bond acceptors (Lipinski definition) is 4. The number of nitrogens with one attached hydrogen (secondary N) is 1. The molecule has 0 aliphatic carbocycles. The lowest BCUT2D eigenvalue weighted by molar-refractivity contribution is 0.457. The first-order valence-electron chi connectivity index (χ1n) is 5.96. The molecule has 0 saturated heterocycles. The van der Waals surface area contributed by atoms with Crippen molar-refractivity contribution in [2.45, 2.75) is 31.6 Å². The molecule has 0 bridgehead atoms. The number of aromatic hydroxyl groups is 1. The van der Waals surface area contributed by atoms with E-state index in [0.717, 1.165) is 6.07 Å². The van der Waals surface area contributed by atoms with Gasteiger partial charge >= 0.3 is 0 Å². The van der Waals surface area contributed by atoms with Gasteiger partial charge in [0.25, 0.3) is 0 Å². The van der Waals surface area contributed by atoms with Crippen molar-refractivity contribution in [1.29, 1.82) is 0 Å². The third-order valence-electron chi connectivity index (χ3n) is 3.29. The standard InChI is InChI=1S/C13H20FNO3S/c1-9(11-6-5-10(16)7-12(11)14)15-8-13(2,3)19(4,17)18/h5-7,9,15-16H,8H2,1-4H3. The summed E-state index contributed by atoms with van der Waals surface area (Å²) >= 11 is 0. The summed E-state index contributed by atoms with van der Waals surface area (Å²) in [6, 6.07) is 3.57. The Bertz CT molecular complexity index is 555. The third kappa shape index (κ3) is 3.91. The van der Waals surface area contributed by atoms with Gasteiger partial charge in [-0.1, -0.05) is 6.07 Å². The van der Waals surface area contributed by atoms with Crippen LogP contribution >= 0.6 is 0 Å². The van der Waals surface area contributed by atoms with Crippen LogP contribution in [0.4, 0.5) is 4.39 Å². The van der Waals surface area contributed by atoms with Crippen LogP contribution in [0.25, 0.3) is 0 Å². The van der Waals surface area contributed by atoms with Crippen LogP contribution in [0.1, 0.15) is 32.4 Å². The Morgan fingerprint density at radius 1 is 1.42 bits per heavy atom. The normalized spacial score (nSPS) is 14.4. The first kappa shape index (κ1) is 15.9. The predicted octanol–water partition coefficient (Wildman–Crippen LogP) is 2.01. The minimum atomic E-state index is -3.19. The molecule has 1 atom stereocenters. The zero-order chi connectivity index (χ0) is 14.8.